The molecule has 2 heterocycles. The van der Waals surface area contributed by atoms with Gasteiger partial charge in [-0.3, -0.25) is 4.79 Å². The minimum absolute atomic E-state index is 0.00423. The number of aromatic nitrogens is 1. The van der Waals surface area contributed by atoms with Crippen molar-refractivity contribution in [3.8, 4) is 5.75 Å². The van der Waals surface area contributed by atoms with Crippen LogP contribution in [-0.2, 0) is 0 Å². The number of carbonyl (C=O) groups is 1. The van der Waals surface area contributed by atoms with Crippen LogP contribution < -0.4 is 9.64 Å². The van der Waals surface area contributed by atoms with Crippen LogP contribution in [0.1, 0.15) is 10.5 Å². The fraction of sp³-hybridized carbons (Fsp3) is 0.238. The maximum atomic E-state index is 12.8. The molecule has 0 aliphatic carbocycles. The van der Waals surface area contributed by atoms with E-state index in [1.165, 1.54) is 5.69 Å². The number of piperazine rings is 1. The Morgan fingerprint density at radius 3 is 2.46 bits per heavy atom. The molecule has 0 atom stereocenters. The lowest BCUT2D eigenvalue weighted by atomic mass is 10.1. The van der Waals surface area contributed by atoms with Gasteiger partial charge >= 0.3 is 0 Å². The van der Waals surface area contributed by atoms with E-state index in [2.05, 4.69) is 22.0 Å². The summed E-state index contributed by atoms with van der Waals surface area (Å²) in [6.45, 7) is 3.08. The molecule has 2 aromatic carbocycles. The van der Waals surface area contributed by atoms with Gasteiger partial charge in [-0.25, -0.2) is 4.98 Å². The van der Waals surface area contributed by atoms with E-state index in [1.807, 2.05) is 47.4 Å². The summed E-state index contributed by atoms with van der Waals surface area (Å²) >= 11 is 0. The zero-order valence-electron chi connectivity index (χ0n) is 14.8. The predicted molar refractivity (Wildman–Crippen MR) is 103 cm³/mol. The van der Waals surface area contributed by atoms with Gasteiger partial charge in [0.15, 0.2) is 0 Å². The number of ether oxygens (including phenoxy) is 1. The van der Waals surface area contributed by atoms with E-state index >= 15 is 0 Å². The first-order valence-corrected chi connectivity index (χ1v) is 8.79. The molecule has 5 heteroatoms. The van der Waals surface area contributed by atoms with Crippen LogP contribution in [0.3, 0.4) is 0 Å². The Balaban J connectivity index is 1.47. The molecule has 132 valence electrons. The number of hydrogen-bond donors (Lipinski definition) is 0. The van der Waals surface area contributed by atoms with Gasteiger partial charge in [-0.1, -0.05) is 24.3 Å². The molecule has 5 nitrogen and oxygen atoms in total. The van der Waals surface area contributed by atoms with Crippen LogP contribution in [-0.4, -0.2) is 49.1 Å². The second kappa shape index (κ2) is 7.04. The molecule has 0 unspecified atom stereocenters. The third kappa shape index (κ3) is 3.20. The van der Waals surface area contributed by atoms with Crippen molar-refractivity contribution in [2.45, 2.75) is 0 Å². The number of methoxy groups -OCH3 is 1. The Kier molecular flexibility index (Phi) is 4.44. The van der Waals surface area contributed by atoms with E-state index in [-0.39, 0.29) is 5.91 Å². The maximum Gasteiger partial charge on any atom is 0.272 e. The summed E-state index contributed by atoms with van der Waals surface area (Å²) in [5, 5.41) is 0.967. The maximum absolute atomic E-state index is 12.8. The van der Waals surface area contributed by atoms with Crippen molar-refractivity contribution in [2.24, 2.45) is 0 Å². The topological polar surface area (TPSA) is 45.7 Å². The van der Waals surface area contributed by atoms with Crippen molar-refractivity contribution < 1.29 is 9.53 Å². The van der Waals surface area contributed by atoms with E-state index < -0.39 is 0 Å². The largest absolute Gasteiger partial charge is 0.497 e. The average Bonchev–Trinajstić information content (AvgIpc) is 2.73. The number of para-hydroxylation sites is 1. The molecule has 0 radical (unpaired) electrons. The number of pyridine rings is 1. The minimum atomic E-state index is -0.00423. The number of anilines is 1. The fourth-order valence-electron chi connectivity index (χ4n) is 3.32. The molecule has 1 aromatic heterocycles. The molecular weight excluding hydrogens is 326 g/mol. The molecule has 1 aliphatic rings. The summed E-state index contributed by atoms with van der Waals surface area (Å²) < 4.78 is 5.23. The molecule has 1 fully saturated rings. The second-order valence-corrected chi connectivity index (χ2v) is 6.37. The standard InChI is InChI=1S/C21H21N3O2/c1-26-18-8-10-19-16(15-18)7-9-20(22-19)21(25)24-13-11-23(12-14-24)17-5-3-2-4-6-17/h2-10,15H,11-14H2,1H3. The summed E-state index contributed by atoms with van der Waals surface area (Å²) in [5.41, 5.74) is 2.51. The predicted octanol–water partition coefficient (Wildman–Crippen LogP) is 3.21. The Bertz CT molecular complexity index is 919. The van der Waals surface area contributed by atoms with Gasteiger partial charge in [0, 0.05) is 37.3 Å². The summed E-state index contributed by atoms with van der Waals surface area (Å²) in [6, 6.07) is 19.7. The van der Waals surface area contributed by atoms with E-state index in [0.717, 1.165) is 29.7 Å². The van der Waals surface area contributed by atoms with Gasteiger partial charge in [-0.2, -0.15) is 0 Å². The van der Waals surface area contributed by atoms with Crippen LogP contribution in [0.2, 0.25) is 0 Å². The van der Waals surface area contributed by atoms with Gasteiger partial charge < -0.3 is 14.5 Å². The molecule has 0 saturated carbocycles. The average molecular weight is 347 g/mol. The molecule has 4 rings (SSSR count). The van der Waals surface area contributed by atoms with Crippen molar-refractivity contribution >= 4 is 22.5 Å². The Labute approximate surface area is 152 Å². The summed E-state index contributed by atoms with van der Waals surface area (Å²) in [6.07, 6.45) is 0. The number of rotatable bonds is 3. The van der Waals surface area contributed by atoms with Gasteiger partial charge in [0.25, 0.3) is 5.91 Å². The lowest BCUT2D eigenvalue weighted by Gasteiger charge is -2.36. The van der Waals surface area contributed by atoms with E-state index in [1.54, 1.807) is 13.2 Å². The summed E-state index contributed by atoms with van der Waals surface area (Å²) in [7, 11) is 1.64. The first-order chi connectivity index (χ1) is 12.7. The summed E-state index contributed by atoms with van der Waals surface area (Å²) in [4.78, 5) is 21.6. The second-order valence-electron chi connectivity index (χ2n) is 6.37. The molecule has 0 spiro atoms. The van der Waals surface area contributed by atoms with Gasteiger partial charge in [0.2, 0.25) is 0 Å². The summed E-state index contributed by atoms with van der Waals surface area (Å²) in [5.74, 6) is 0.783. The molecule has 1 saturated heterocycles. The SMILES string of the molecule is COc1ccc2nc(C(=O)N3CCN(c4ccccc4)CC3)ccc2c1. The zero-order chi connectivity index (χ0) is 17.9. The Hall–Kier alpha value is -3.08. The van der Waals surface area contributed by atoms with E-state index in [0.29, 0.717) is 18.8 Å². The monoisotopic (exact) mass is 347 g/mol. The number of carbonyl (C=O) groups excluding carboxylic acids is 1. The highest BCUT2D eigenvalue weighted by atomic mass is 16.5. The lowest BCUT2D eigenvalue weighted by molar-refractivity contribution is 0.0741. The molecule has 0 N–H and O–H groups in total. The van der Waals surface area contributed by atoms with Gasteiger partial charge in [-0.05, 0) is 36.4 Å². The quantitative estimate of drug-likeness (QED) is 0.730. The molecule has 26 heavy (non-hydrogen) atoms. The van der Waals surface area contributed by atoms with Crippen LogP contribution in [0, 0.1) is 0 Å². The smallest absolute Gasteiger partial charge is 0.272 e. The Morgan fingerprint density at radius 1 is 0.962 bits per heavy atom. The molecule has 1 aliphatic heterocycles. The fourth-order valence-corrected chi connectivity index (χ4v) is 3.32. The van der Waals surface area contributed by atoms with Gasteiger partial charge in [0.05, 0.1) is 12.6 Å². The first-order valence-electron chi connectivity index (χ1n) is 8.79. The molecule has 1 amide bonds. The molecule has 3 aromatic rings. The van der Waals surface area contributed by atoms with Crippen molar-refractivity contribution in [1.82, 2.24) is 9.88 Å². The van der Waals surface area contributed by atoms with Crippen molar-refractivity contribution in [3.63, 3.8) is 0 Å². The third-order valence-corrected chi connectivity index (χ3v) is 4.80. The normalized spacial score (nSPS) is 14.5. The van der Waals surface area contributed by atoms with Crippen LogP contribution in [0.4, 0.5) is 5.69 Å². The number of benzene rings is 2. The first kappa shape index (κ1) is 16.4. The molecule has 0 bridgehead atoms. The zero-order valence-corrected chi connectivity index (χ0v) is 14.8. The van der Waals surface area contributed by atoms with Crippen LogP contribution in [0.25, 0.3) is 10.9 Å². The van der Waals surface area contributed by atoms with Crippen molar-refractivity contribution in [3.05, 3.63) is 66.4 Å². The number of hydrogen-bond acceptors (Lipinski definition) is 4. The van der Waals surface area contributed by atoms with E-state index in [9.17, 15) is 4.79 Å². The number of fused-ring (bicyclic) bond motifs is 1. The number of nitrogens with zero attached hydrogens (tertiary/aromatic N) is 3. The van der Waals surface area contributed by atoms with Gasteiger partial charge in [0.1, 0.15) is 11.4 Å². The van der Waals surface area contributed by atoms with E-state index in [4.69, 9.17) is 4.74 Å². The van der Waals surface area contributed by atoms with Crippen LogP contribution in [0.5, 0.6) is 5.75 Å². The number of amides is 1. The highest BCUT2D eigenvalue weighted by Gasteiger charge is 2.23. The van der Waals surface area contributed by atoms with Crippen LogP contribution in [0.15, 0.2) is 60.7 Å². The third-order valence-electron chi connectivity index (χ3n) is 4.80. The highest BCUT2D eigenvalue weighted by molar-refractivity contribution is 5.95. The Morgan fingerprint density at radius 2 is 1.73 bits per heavy atom. The molecular formula is C21H21N3O2. The van der Waals surface area contributed by atoms with Crippen molar-refractivity contribution in [2.75, 3.05) is 38.2 Å². The van der Waals surface area contributed by atoms with Crippen LogP contribution >= 0.6 is 0 Å². The highest BCUT2D eigenvalue weighted by Crippen LogP contribution is 2.21. The lowest BCUT2D eigenvalue weighted by Crippen LogP contribution is -2.49. The van der Waals surface area contributed by atoms with Gasteiger partial charge in [-0.15, -0.1) is 0 Å². The van der Waals surface area contributed by atoms with Crippen molar-refractivity contribution in [1.29, 1.82) is 0 Å². The minimum Gasteiger partial charge on any atom is -0.497 e.